The molecule has 0 aliphatic heterocycles. The first kappa shape index (κ1) is 13.5. The molecule has 5 nitrogen and oxygen atoms in total. The fraction of sp³-hybridized carbons (Fsp3) is 0.154. The number of anilines is 1. The number of nitrogens with one attached hydrogen (secondary N) is 1. The number of para-hydroxylation sites is 1. The highest BCUT2D eigenvalue weighted by Crippen LogP contribution is 2.27. The molecule has 0 saturated carbocycles. The maximum atomic E-state index is 11.0. The molecule has 19 heavy (non-hydrogen) atoms. The summed E-state index contributed by atoms with van der Waals surface area (Å²) in [6, 6.07) is 10.2. The van der Waals surface area contributed by atoms with E-state index in [1.807, 2.05) is 19.1 Å². The predicted octanol–water partition coefficient (Wildman–Crippen LogP) is 3.93. The average molecular weight is 322 g/mol. The van der Waals surface area contributed by atoms with Crippen molar-refractivity contribution >= 4 is 27.3 Å². The molecule has 6 heteroatoms. The number of nitro groups is 1. The van der Waals surface area contributed by atoms with E-state index < -0.39 is 0 Å². The second kappa shape index (κ2) is 5.79. The van der Waals surface area contributed by atoms with Gasteiger partial charge >= 0.3 is 0 Å². The topological polar surface area (TPSA) is 68.1 Å². The molecule has 0 spiro atoms. The van der Waals surface area contributed by atoms with Crippen molar-refractivity contribution < 1.29 is 4.92 Å². The summed E-state index contributed by atoms with van der Waals surface area (Å²) in [6.45, 7) is 1.88. The maximum absolute atomic E-state index is 11.0. The molecule has 1 aromatic heterocycles. The minimum absolute atomic E-state index is 0.118. The molecule has 0 amide bonds. The van der Waals surface area contributed by atoms with Crippen molar-refractivity contribution in [1.82, 2.24) is 4.98 Å². The Morgan fingerprint density at radius 1 is 1.32 bits per heavy atom. The van der Waals surface area contributed by atoms with Crippen molar-refractivity contribution in [3.63, 3.8) is 0 Å². The number of nitro benzene ring substituents is 1. The van der Waals surface area contributed by atoms with Gasteiger partial charge in [0.15, 0.2) is 0 Å². The van der Waals surface area contributed by atoms with Gasteiger partial charge in [0.05, 0.1) is 28.4 Å². The van der Waals surface area contributed by atoms with Crippen LogP contribution in [0.2, 0.25) is 0 Å². The minimum Gasteiger partial charge on any atom is -0.377 e. The summed E-state index contributed by atoms with van der Waals surface area (Å²) >= 11 is 3.26. The van der Waals surface area contributed by atoms with E-state index in [1.165, 1.54) is 6.07 Å². The molecule has 0 fully saturated rings. The zero-order valence-corrected chi connectivity index (χ0v) is 11.8. The molecule has 0 bridgehead atoms. The predicted molar refractivity (Wildman–Crippen MR) is 77.1 cm³/mol. The summed E-state index contributed by atoms with van der Waals surface area (Å²) < 4.78 is 0.747. The fourth-order valence-electron chi connectivity index (χ4n) is 1.81. The number of rotatable bonds is 4. The molecule has 1 atom stereocenters. The van der Waals surface area contributed by atoms with Crippen molar-refractivity contribution in [3.8, 4) is 0 Å². The van der Waals surface area contributed by atoms with Gasteiger partial charge in [0.25, 0.3) is 5.69 Å². The third kappa shape index (κ3) is 3.29. The lowest BCUT2D eigenvalue weighted by Crippen LogP contribution is -2.09. The molecule has 98 valence electrons. The number of halogens is 1. The zero-order valence-electron chi connectivity index (χ0n) is 10.2. The number of pyridine rings is 1. The molecule has 2 rings (SSSR count). The molecule has 1 heterocycles. The van der Waals surface area contributed by atoms with Gasteiger partial charge in [-0.2, -0.15) is 0 Å². The maximum Gasteiger partial charge on any atom is 0.274 e. The Hall–Kier alpha value is -1.95. The van der Waals surface area contributed by atoms with Crippen LogP contribution in [0.5, 0.6) is 0 Å². The molecular formula is C13H12BrN3O2. The highest BCUT2D eigenvalue weighted by Gasteiger charge is 2.17. The molecule has 0 aliphatic rings. The number of nitrogens with zero attached hydrogens (tertiary/aromatic N) is 2. The molecule has 0 saturated heterocycles. The molecule has 2 aromatic rings. The van der Waals surface area contributed by atoms with Gasteiger partial charge in [0, 0.05) is 6.07 Å². The van der Waals surface area contributed by atoms with Crippen molar-refractivity contribution in [1.29, 1.82) is 0 Å². The third-order valence-corrected chi connectivity index (χ3v) is 3.18. The first-order valence-corrected chi connectivity index (χ1v) is 6.48. The molecular weight excluding hydrogens is 310 g/mol. The van der Waals surface area contributed by atoms with Crippen LogP contribution in [0.15, 0.2) is 47.2 Å². The lowest BCUT2D eigenvalue weighted by Gasteiger charge is -2.15. The molecule has 0 aliphatic carbocycles. The lowest BCUT2D eigenvalue weighted by molar-refractivity contribution is -0.385. The summed E-state index contributed by atoms with van der Waals surface area (Å²) in [5, 5.41) is 14.2. The zero-order chi connectivity index (χ0) is 13.8. The molecule has 0 radical (unpaired) electrons. The van der Waals surface area contributed by atoms with Gasteiger partial charge in [0.1, 0.15) is 4.60 Å². The van der Waals surface area contributed by atoms with Crippen LogP contribution >= 0.6 is 15.9 Å². The van der Waals surface area contributed by atoms with Gasteiger partial charge in [-0.1, -0.05) is 18.2 Å². The second-order valence-electron chi connectivity index (χ2n) is 4.05. The van der Waals surface area contributed by atoms with E-state index in [2.05, 4.69) is 26.2 Å². The highest BCUT2D eigenvalue weighted by atomic mass is 79.9. The van der Waals surface area contributed by atoms with Gasteiger partial charge in [-0.3, -0.25) is 10.1 Å². The quantitative estimate of drug-likeness (QED) is 0.526. The lowest BCUT2D eigenvalue weighted by atomic mass is 10.1. The number of aromatic nitrogens is 1. The van der Waals surface area contributed by atoms with Crippen LogP contribution in [0.3, 0.4) is 0 Å². The van der Waals surface area contributed by atoms with E-state index in [0.717, 1.165) is 10.3 Å². The van der Waals surface area contributed by atoms with E-state index in [9.17, 15) is 10.1 Å². The number of benzene rings is 1. The molecule has 1 unspecified atom stereocenters. The van der Waals surface area contributed by atoms with Crippen molar-refractivity contribution in [2.45, 2.75) is 13.0 Å². The summed E-state index contributed by atoms with van der Waals surface area (Å²) in [5.74, 6) is 0. The second-order valence-corrected chi connectivity index (χ2v) is 4.86. The van der Waals surface area contributed by atoms with Gasteiger partial charge in [0.2, 0.25) is 0 Å². The Morgan fingerprint density at radius 3 is 2.68 bits per heavy atom. The standard InChI is InChI=1S/C13H12BrN3O2/c1-9(16-10-6-7-13(14)15-8-10)11-4-2-3-5-12(11)17(18)19/h2-9,16H,1H3. The highest BCUT2D eigenvalue weighted by molar-refractivity contribution is 9.10. The Bertz CT molecular complexity index is 587. The van der Waals surface area contributed by atoms with Gasteiger partial charge in [-0.25, -0.2) is 4.98 Å². The van der Waals surface area contributed by atoms with E-state index in [0.29, 0.717) is 5.56 Å². The van der Waals surface area contributed by atoms with Crippen LogP contribution in [0, 0.1) is 10.1 Å². The average Bonchev–Trinajstić information content (AvgIpc) is 2.41. The van der Waals surface area contributed by atoms with Crippen LogP contribution in [0.25, 0.3) is 0 Å². The van der Waals surface area contributed by atoms with Crippen LogP contribution in [0.1, 0.15) is 18.5 Å². The van der Waals surface area contributed by atoms with Crippen molar-refractivity contribution in [2.75, 3.05) is 5.32 Å². The molecule has 1 N–H and O–H groups in total. The normalized spacial score (nSPS) is 11.9. The van der Waals surface area contributed by atoms with E-state index in [4.69, 9.17) is 0 Å². The van der Waals surface area contributed by atoms with Gasteiger partial charge in [-0.15, -0.1) is 0 Å². The van der Waals surface area contributed by atoms with Crippen molar-refractivity contribution in [3.05, 3.63) is 62.9 Å². The monoisotopic (exact) mass is 321 g/mol. The van der Waals surface area contributed by atoms with E-state index in [1.54, 1.807) is 24.4 Å². The molecule has 1 aromatic carbocycles. The third-order valence-electron chi connectivity index (χ3n) is 2.71. The summed E-state index contributed by atoms with van der Waals surface area (Å²) in [5.41, 5.74) is 1.58. The van der Waals surface area contributed by atoms with Crippen LogP contribution in [0.4, 0.5) is 11.4 Å². The summed E-state index contributed by atoms with van der Waals surface area (Å²) in [6.07, 6.45) is 1.68. The first-order chi connectivity index (χ1) is 9.08. The largest absolute Gasteiger partial charge is 0.377 e. The number of hydrogen-bond donors (Lipinski definition) is 1. The first-order valence-electron chi connectivity index (χ1n) is 5.69. The fourth-order valence-corrected chi connectivity index (χ4v) is 2.04. The van der Waals surface area contributed by atoms with Gasteiger partial charge in [-0.05, 0) is 35.0 Å². The minimum atomic E-state index is -0.368. The summed E-state index contributed by atoms with van der Waals surface area (Å²) in [4.78, 5) is 14.7. The Labute approximate surface area is 119 Å². The van der Waals surface area contributed by atoms with Crippen LogP contribution in [-0.2, 0) is 0 Å². The smallest absolute Gasteiger partial charge is 0.274 e. The Kier molecular flexibility index (Phi) is 4.11. The Balaban J connectivity index is 2.22. The van der Waals surface area contributed by atoms with E-state index >= 15 is 0 Å². The van der Waals surface area contributed by atoms with E-state index in [-0.39, 0.29) is 16.7 Å². The van der Waals surface area contributed by atoms with Crippen LogP contribution < -0.4 is 5.32 Å². The SMILES string of the molecule is CC(Nc1ccc(Br)nc1)c1ccccc1[N+](=O)[O-]. The number of hydrogen-bond acceptors (Lipinski definition) is 4. The van der Waals surface area contributed by atoms with Gasteiger partial charge < -0.3 is 5.32 Å². The van der Waals surface area contributed by atoms with Crippen LogP contribution in [-0.4, -0.2) is 9.91 Å². The van der Waals surface area contributed by atoms with Crippen molar-refractivity contribution in [2.24, 2.45) is 0 Å². The summed E-state index contributed by atoms with van der Waals surface area (Å²) in [7, 11) is 0. The Morgan fingerprint density at radius 2 is 2.05 bits per heavy atom.